The number of hydrogen-bond acceptors (Lipinski definition) is 6. The molecule has 0 spiro atoms. The molecule has 0 amide bonds. The van der Waals surface area contributed by atoms with Gasteiger partial charge in [0, 0.05) is 17.5 Å². The van der Waals surface area contributed by atoms with E-state index < -0.39 is 0 Å². The van der Waals surface area contributed by atoms with Crippen molar-refractivity contribution in [2.75, 3.05) is 0 Å². The highest BCUT2D eigenvalue weighted by Gasteiger charge is 2.19. The van der Waals surface area contributed by atoms with Crippen LogP contribution in [0.5, 0.6) is 0 Å². The molecule has 0 bridgehead atoms. The van der Waals surface area contributed by atoms with Gasteiger partial charge in [0.25, 0.3) is 0 Å². The molecule has 0 saturated carbocycles. The third-order valence-corrected chi connectivity index (χ3v) is 6.99. The monoisotopic (exact) mass is 467 g/mol. The first-order chi connectivity index (χ1) is 16.7. The molecule has 6 aromatic rings. The lowest BCUT2D eigenvalue weighted by Gasteiger charge is -2.02. The van der Waals surface area contributed by atoms with E-state index in [0.29, 0.717) is 5.82 Å². The molecule has 0 aliphatic heterocycles. The van der Waals surface area contributed by atoms with Crippen LogP contribution in [0.1, 0.15) is 30.3 Å². The van der Waals surface area contributed by atoms with Crippen molar-refractivity contribution in [2.45, 2.75) is 33.2 Å². The molecule has 2 aromatic carbocycles. The van der Waals surface area contributed by atoms with Crippen LogP contribution in [0.15, 0.2) is 54.7 Å². The lowest BCUT2D eigenvalue weighted by molar-refractivity contribution is -0.664. The van der Waals surface area contributed by atoms with E-state index in [2.05, 4.69) is 80.6 Å². The number of thiazole rings is 1. The zero-order valence-corrected chi connectivity index (χ0v) is 19.7. The number of aromatic amines is 2. The van der Waals surface area contributed by atoms with Crippen LogP contribution in [0.25, 0.3) is 43.3 Å². The number of nitrogens with zero attached hydrogens (tertiary/aromatic N) is 6. The highest BCUT2D eigenvalue weighted by molar-refractivity contribution is 7.21. The van der Waals surface area contributed by atoms with Crippen LogP contribution in [-0.4, -0.2) is 35.6 Å². The van der Waals surface area contributed by atoms with Crippen molar-refractivity contribution >= 4 is 32.7 Å². The molecule has 4 heterocycles. The fourth-order valence-electron chi connectivity index (χ4n) is 4.25. The van der Waals surface area contributed by atoms with Crippen molar-refractivity contribution < 1.29 is 4.57 Å². The molecule has 0 atom stereocenters. The Morgan fingerprint density at radius 2 is 1.91 bits per heavy atom. The van der Waals surface area contributed by atoms with Crippen molar-refractivity contribution in [3.63, 3.8) is 0 Å². The second kappa shape index (κ2) is 8.42. The molecular formula is C25H23N8S+. The minimum Gasteiger partial charge on any atom is -0.316 e. The lowest BCUT2D eigenvalue weighted by atomic mass is 10.1. The first-order valence-corrected chi connectivity index (χ1v) is 12.1. The number of pyridine rings is 1. The summed E-state index contributed by atoms with van der Waals surface area (Å²) in [4.78, 5) is 13.3. The van der Waals surface area contributed by atoms with E-state index in [-0.39, 0.29) is 0 Å². The van der Waals surface area contributed by atoms with E-state index in [9.17, 15) is 0 Å². The second-order valence-electron chi connectivity index (χ2n) is 8.36. The largest absolute Gasteiger partial charge is 0.349 e. The van der Waals surface area contributed by atoms with Crippen LogP contribution < -0.4 is 4.57 Å². The first-order valence-electron chi connectivity index (χ1n) is 11.3. The topological polar surface area (TPSA) is 99.9 Å². The summed E-state index contributed by atoms with van der Waals surface area (Å²) in [6, 6.07) is 16.6. The average molecular weight is 468 g/mol. The maximum absolute atomic E-state index is 4.90. The molecule has 0 saturated heterocycles. The SMILES string of the molecule is CCCc1nc2c([nH]1)c(C)cc[n+]2Cc1ccc2nc(-c3ccccc3-c3nn[nH]n3)sc2c1. The van der Waals surface area contributed by atoms with Crippen LogP contribution in [-0.2, 0) is 13.0 Å². The first kappa shape index (κ1) is 20.6. The summed E-state index contributed by atoms with van der Waals surface area (Å²) >= 11 is 1.67. The molecular weight excluding hydrogens is 444 g/mol. The van der Waals surface area contributed by atoms with Gasteiger partial charge in [-0.2, -0.15) is 5.21 Å². The Kier molecular flexibility index (Phi) is 5.10. The summed E-state index contributed by atoms with van der Waals surface area (Å²) in [6.07, 6.45) is 4.14. The van der Waals surface area contributed by atoms with Crippen LogP contribution in [0.2, 0.25) is 0 Å². The van der Waals surface area contributed by atoms with Gasteiger partial charge in [0.2, 0.25) is 11.6 Å². The molecule has 9 heteroatoms. The molecule has 168 valence electrons. The molecule has 0 fully saturated rings. The molecule has 8 nitrogen and oxygen atoms in total. The number of H-pyrrole nitrogens is 2. The third-order valence-electron chi connectivity index (χ3n) is 5.94. The highest BCUT2D eigenvalue weighted by Crippen LogP contribution is 2.35. The standard InChI is InChI=1S/C25H22N8S/c1-3-6-21-27-22-15(2)11-12-33(24(22)28-21)14-16-9-10-19-20(13-16)34-25(26-19)18-8-5-4-7-17(18)23-29-31-32-30-23/h4-5,7-13H,3,6,14H2,1-2H3,(H,26,29,30,31,32)/p+1. The number of imidazole rings is 1. The summed E-state index contributed by atoms with van der Waals surface area (Å²) in [5.41, 5.74) is 7.44. The maximum Gasteiger partial charge on any atom is 0.349 e. The van der Waals surface area contributed by atoms with E-state index in [1.165, 1.54) is 11.1 Å². The summed E-state index contributed by atoms with van der Waals surface area (Å²) in [7, 11) is 0. The normalized spacial score (nSPS) is 11.6. The predicted molar refractivity (Wildman–Crippen MR) is 132 cm³/mol. The molecule has 0 aliphatic carbocycles. The van der Waals surface area contributed by atoms with Crippen molar-refractivity contribution in [1.82, 2.24) is 35.6 Å². The van der Waals surface area contributed by atoms with E-state index in [4.69, 9.17) is 9.97 Å². The van der Waals surface area contributed by atoms with Crippen LogP contribution in [0, 0.1) is 6.92 Å². The number of fused-ring (bicyclic) bond motifs is 2. The Bertz CT molecular complexity index is 1610. The van der Waals surface area contributed by atoms with Crippen LogP contribution >= 0.6 is 11.3 Å². The summed E-state index contributed by atoms with van der Waals surface area (Å²) < 4.78 is 3.36. The number of rotatable bonds is 6. The van der Waals surface area contributed by atoms with Gasteiger partial charge in [-0.3, -0.25) is 0 Å². The maximum atomic E-state index is 4.90. The highest BCUT2D eigenvalue weighted by atomic mass is 32.1. The smallest absolute Gasteiger partial charge is 0.316 e. The van der Waals surface area contributed by atoms with Gasteiger partial charge < -0.3 is 4.98 Å². The van der Waals surface area contributed by atoms with Gasteiger partial charge in [-0.1, -0.05) is 37.3 Å². The zero-order chi connectivity index (χ0) is 23.1. The van der Waals surface area contributed by atoms with Gasteiger partial charge in [-0.15, -0.1) is 21.5 Å². The molecule has 0 unspecified atom stereocenters. The minimum atomic E-state index is 0.566. The Morgan fingerprint density at radius 1 is 1.03 bits per heavy atom. The average Bonchev–Trinajstić information content (AvgIpc) is 3.61. The van der Waals surface area contributed by atoms with Gasteiger partial charge in [0.1, 0.15) is 17.1 Å². The third kappa shape index (κ3) is 3.63. The molecule has 6 rings (SSSR count). The fourth-order valence-corrected chi connectivity index (χ4v) is 5.32. The lowest BCUT2D eigenvalue weighted by Crippen LogP contribution is -2.35. The van der Waals surface area contributed by atoms with Gasteiger partial charge in [0.15, 0.2) is 0 Å². The molecule has 4 aromatic heterocycles. The van der Waals surface area contributed by atoms with Crippen molar-refractivity contribution in [3.05, 3.63) is 71.7 Å². The molecule has 0 radical (unpaired) electrons. The summed E-state index contributed by atoms with van der Waals surface area (Å²) in [5, 5.41) is 15.5. The number of aryl methyl sites for hydroxylation is 2. The summed E-state index contributed by atoms with van der Waals surface area (Å²) in [6.45, 7) is 5.04. The number of tetrazole rings is 1. The predicted octanol–water partition coefficient (Wildman–Crippen LogP) is 4.62. The second-order valence-corrected chi connectivity index (χ2v) is 9.39. The Hall–Kier alpha value is -3.98. The minimum absolute atomic E-state index is 0.566. The van der Waals surface area contributed by atoms with Crippen molar-refractivity contribution in [1.29, 1.82) is 0 Å². The quantitative estimate of drug-likeness (QED) is 0.348. The van der Waals surface area contributed by atoms with Gasteiger partial charge in [-0.05, 0) is 52.9 Å². The van der Waals surface area contributed by atoms with E-state index >= 15 is 0 Å². The summed E-state index contributed by atoms with van der Waals surface area (Å²) in [5.74, 6) is 1.61. The van der Waals surface area contributed by atoms with Crippen molar-refractivity contribution in [2.24, 2.45) is 0 Å². The number of benzene rings is 2. The molecule has 2 N–H and O–H groups in total. The van der Waals surface area contributed by atoms with Gasteiger partial charge in [0.05, 0.1) is 16.4 Å². The van der Waals surface area contributed by atoms with E-state index in [1.807, 2.05) is 18.2 Å². The van der Waals surface area contributed by atoms with Crippen LogP contribution in [0.3, 0.4) is 0 Å². The van der Waals surface area contributed by atoms with E-state index in [1.54, 1.807) is 11.3 Å². The fraction of sp³-hybridized carbons (Fsp3) is 0.200. The number of nitrogens with one attached hydrogen (secondary N) is 2. The van der Waals surface area contributed by atoms with E-state index in [0.717, 1.165) is 62.7 Å². The number of hydrogen-bond donors (Lipinski definition) is 2. The van der Waals surface area contributed by atoms with Crippen molar-refractivity contribution in [3.8, 4) is 22.0 Å². The molecule has 34 heavy (non-hydrogen) atoms. The number of aromatic nitrogens is 8. The Balaban J connectivity index is 1.37. The van der Waals surface area contributed by atoms with Crippen LogP contribution in [0.4, 0.5) is 0 Å². The van der Waals surface area contributed by atoms with Gasteiger partial charge >= 0.3 is 5.65 Å². The Morgan fingerprint density at radius 3 is 2.74 bits per heavy atom. The Labute approximate surface area is 199 Å². The zero-order valence-electron chi connectivity index (χ0n) is 18.9. The van der Waals surface area contributed by atoms with Gasteiger partial charge in [-0.25, -0.2) is 9.55 Å². The molecule has 0 aliphatic rings.